The van der Waals surface area contributed by atoms with Gasteiger partial charge in [0, 0.05) is 5.75 Å². The number of hydrogen-bond acceptors (Lipinski definition) is 1. The van der Waals surface area contributed by atoms with E-state index >= 15 is 0 Å². The maximum Gasteiger partial charge on any atom is 0.0545 e. The van der Waals surface area contributed by atoms with Gasteiger partial charge >= 0.3 is 0 Å². The molecule has 0 aliphatic carbocycles. The molecule has 0 fully saturated rings. The van der Waals surface area contributed by atoms with E-state index in [1.807, 2.05) is 6.92 Å². The van der Waals surface area contributed by atoms with Gasteiger partial charge in [0.15, 0.2) is 0 Å². The maximum atomic E-state index is 8.79. The van der Waals surface area contributed by atoms with Crippen LogP contribution in [0.3, 0.4) is 0 Å². The molecule has 2 heteroatoms. The summed E-state index contributed by atoms with van der Waals surface area (Å²) in [5, 5.41) is 8.79. The van der Waals surface area contributed by atoms with Crippen molar-refractivity contribution in [1.82, 2.24) is 0 Å². The summed E-state index contributed by atoms with van der Waals surface area (Å²) in [6.45, 7) is 1.95. The van der Waals surface area contributed by atoms with E-state index in [1.54, 1.807) is 0 Å². The molecule has 0 spiro atoms. The van der Waals surface area contributed by atoms with E-state index in [0.717, 1.165) is 12.8 Å². The molecule has 1 nitrogen and oxygen atoms in total. The zero-order valence-electron chi connectivity index (χ0n) is 4.55. The summed E-state index contributed by atoms with van der Waals surface area (Å²) in [7, 11) is 0. The Labute approximate surface area is 50.1 Å². The van der Waals surface area contributed by atoms with Gasteiger partial charge in [-0.15, -0.1) is 0 Å². The molecule has 1 radical (unpaired) electrons. The molecule has 1 N–H and O–H groups in total. The Hall–Kier alpha value is 0.310. The van der Waals surface area contributed by atoms with Gasteiger partial charge in [0.2, 0.25) is 0 Å². The second-order valence-electron chi connectivity index (χ2n) is 1.55. The molecule has 0 aromatic heterocycles. The smallest absolute Gasteiger partial charge is 0.0545 e. The molecule has 0 aromatic rings. The van der Waals surface area contributed by atoms with Crippen LogP contribution in [0.2, 0.25) is 0 Å². The first-order valence-corrected chi connectivity index (χ1v) is 3.15. The van der Waals surface area contributed by atoms with Crippen molar-refractivity contribution in [3.8, 4) is 0 Å². The minimum Gasteiger partial charge on any atom is -0.393 e. The monoisotopic (exact) mass is 119 g/mol. The molecule has 0 saturated carbocycles. The van der Waals surface area contributed by atoms with Crippen LogP contribution in [0.4, 0.5) is 0 Å². The van der Waals surface area contributed by atoms with Crippen LogP contribution >= 0.6 is 12.6 Å². The van der Waals surface area contributed by atoms with E-state index in [2.05, 4.69) is 12.6 Å². The highest BCUT2D eigenvalue weighted by Gasteiger charge is 1.95. The van der Waals surface area contributed by atoms with Crippen molar-refractivity contribution in [2.45, 2.75) is 25.9 Å². The van der Waals surface area contributed by atoms with Crippen molar-refractivity contribution >= 4 is 12.6 Å². The van der Waals surface area contributed by atoms with Gasteiger partial charge in [-0.25, -0.2) is 0 Å². The van der Waals surface area contributed by atoms with Crippen molar-refractivity contribution in [2.24, 2.45) is 0 Å². The van der Waals surface area contributed by atoms with Gasteiger partial charge in [0.1, 0.15) is 0 Å². The lowest BCUT2D eigenvalue weighted by Gasteiger charge is -2.01. The van der Waals surface area contributed by atoms with E-state index < -0.39 is 0 Å². The third-order valence-corrected chi connectivity index (χ3v) is 1.16. The van der Waals surface area contributed by atoms with Crippen LogP contribution in [0.15, 0.2) is 0 Å². The zero-order valence-corrected chi connectivity index (χ0v) is 5.37. The first-order chi connectivity index (χ1) is 3.31. The Morgan fingerprint density at radius 2 is 2.29 bits per heavy atom. The zero-order chi connectivity index (χ0) is 5.70. The van der Waals surface area contributed by atoms with Crippen molar-refractivity contribution in [1.29, 1.82) is 0 Å². The fourth-order valence-corrected chi connectivity index (χ4v) is 0.612. The SMILES string of the molecule is CCC(O)CC[S]. The molecule has 0 saturated heterocycles. The van der Waals surface area contributed by atoms with Gasteiger partial charge in [0.25, 0.3) is 0 Å². The average molecular weight is 119 g/mol. The number of hydrogen-bond donors (Lipinski definition) is 1. The molecule has 0 bridgehead atoms. The van der Waals surface area contributed by atoms with Crippen molar-refractivity contribution in [3.05, 3.63) is 0 Å². The molecule has 0 aromatic carbocycles. The van der Waals surface area contributed by atoms with Gasteiger partial charge < -0.3 is 5.11 Å². The second-order valence-corrected chi connectivity index (χ2v) is 1.96. The molecule has 1 unspecified atom stereocenters. The molecule has 0 aliphatic rings. The average Bonchev–Trinajstić information content (AvgIpc) is 1.68. The van der Waals surface area contributed by atoms with E-state index in [-0.39, 0.29) is 6.10 Å². The van der Waals surface area contributed by atoms with Gasteiger partial charge in [-0.1, -0.05) is 19.6 Å². The Morgan fingerprint density at radius 1 is 1.71 bits per heavy atom. The van der Waals surface area contributed by atoms with Crippen molar-refractivity contribution < 1.29 is 5.11 Å². The Bertz CT molecular complexity index is 39.1. The third-order valence-electron chi connectivity index (χ3n) is 0.922. The molecular formula is C5H11OS. The summed E-state index contributed by atoms with van der Waals surface area (Å²) >= 11 is 4.63. The van der Waals surface area contributed by atoms with Gasteiger partial charge in [-0.3, -0.25) is 0 Å². The highest BCUT2D eigenvalue weighted by Crippen LogP contribution is 1.96. The molecule has 43 valence electrons. The summed E-state index contributed by atoms with van der Waals surface area (Å²) in [4.78, 5) is 0. The molecular weight excluding hydrogens is 108 g/mol. The van der Waals surface area contributed by atoms with Crippen LogP contribution in [0.5, 0.6) is 0 Å². The second kappa shape index (κ2) is 4.47. The summed E-state index contributed by atoms with van der Waals surface area (Å²) in [6, 6.07) is 0. The molecule has 0 amide bonds. The lowest BCUT2D eigenvalue weighted by atomic mass is 10.2. The standard InChI is InChI=1S/C5H11OS/c1-2-5(6)3-4-7/h5-6H,2-4H2,1H3. The summed E-state index contributed by atoms with van der Waals surface area (Å²) in [5.41, 5.74) is 0. The highest BCUT2D eigenvalue weighted by atomic mass is 32.1. The van der Waals surface area contributed by atoms with Crippen LogP contribution in [0.1, 0.15) is 19.8 Å². The summed E-state index contributed by atoms with van der Waals surface area (Å²) < 4.78 is 0. The predicted molar refractivity (Wildman–Crippen MR) is 33.4 cm³/mol. The molecule has 0 rings (SSSR count). The van der Waals surface area contributed by atoms with Crippen LogP contribution in [-0.2, 0) is 0 Å². The Morgan fingerprint density at radius 3 is 2.43 bits per heavy atom. The van der Waals surface area contributed by atoms with Crippen LogP contribution in [-0.4, -0.2) is 17.0 Å². The highest BCUT2D eigenvalue weighted by molar-refractivity contribution is 7.80. The minimum absolute atomic E-state index is 0.155. The van der Waals surface area contributed by atoms with Crippen LogP contribution in [0, 0.1) is 0 Å². The van der Waals surface area contributed by atoms with Crippen LogP contribution in [0.25, 0.3) is 0 Å². The van der Waals surface area contributed by atoms with Gasteiger partial charge in [0.05, 0.1) is 6.10 Å². The molecule has 7 heavy (non-hydrogen) atoms. The normalized spacial score (nSPS) is 14.1. The van der Waals surface area contributed by atoms with Crippen molar-refractivity contribution in [2.75, 3.05) is 5.75 Å². The first kappa shape index (κ1) is 7.31. The Kier molecular flexibility index (Phi) is 4.67. The quantitative estimate of drug-likeness (QED) is 0.594. The summed E-state index contributed by atoms with van der Waals surface area (Å²) in [5.74, 6) is 0.676. The largest absolute Gasteiger partial charge is 0.393 e. The fourth-order valence-electron chi connectivity index (χ4n) is 0.340. The lowest BCUT2D eigenvalue weighted by Crippen LogP contribution is -2.03. The number of aliphatic hydroxyl groups is 1. The number of rotatable bonds is 3. The van der Waals surface area contributed by atoms with Gasteiger partial charge in [-0.2, -0.15) is 0 Å². The minimum atomic E-state index is -0.155. The van der Waals surface area contributed by atoms with E-state index in [0.29, 0.717) is 5.75 Å². The van der Waals surface area contributed by atoms with E-state index in [1.165, 1.54) is 0 Å². The van der Waals surface area contributed by atoms with E-state index in [4.69, 9.17) is 5.11 Å². The molecule has 1 atom stereocenters. The lowest BCUT2D eigenvalue weighted by molar-refractivity contribution is 0.167. The molecule has 0 heterocycles. The number of aliphatic hydroxyl groups excluding tert-OH is 1. The molecule has 0 aliphatic heterocycles. The third kappa shape index (κ3) is 4.16. The van der Waals surface area contributed by atoms with Crippen LogP contribution < -0.4 is 0 Å². The maximum absolute atomic E-state index is 8.79. The summed E-state index contributed by atoms with van der Waals surface area (Å²) in [6.07, 6.45) is 1.44. The van der Waals surface area contributed by atoms with Gasteiger partial charge in [-0.05, 0) is 12.8 Å². The van der Waals surface area contributed by atoms with Crippen molar-refractivity contribution in [3.63, 3.8) is 0 Å². The first-order valence-electron chi connectivity index (χ1n) is 2.57. The fraction of sp³-hybridized carbons (Fsp3) is 1.00. The Balaban J connectivity index is 2.83. The topological polar surface area (TPSA) is 20.2 Å². The predicted octanol–water partition coefficient (Wildman–Crippen LogP) is 1.34. The van der Waals surface area contributed by atoms with E-state index in [9.17, 15) is 0 Å².